The zero-order valence-corrected chi connectivity index (χ0v) is 23.9. The van der Waals surface area contributed by atoms with Gasteiger partial charge in [-0.15, -0.1) is 0 Å². The summed E-state index contributed by atoms with van der Waals surface area (Å²) in [6, 6.07) is 20.7. The van der Waals surface area contributed by atoms with E-state index >= 15 is 0 Å². The normalized spacial score (nSPS) is 16.0. The predicted octanol–water partition coefficient (Wildman–Crippen LogP) is 6.70. The van der Waals surface area contributed by atoms with Crippen molar-refractivity contribution >= 4 is 56.3 Å². The van der Waals surface area contributed by atoms with Gasteiger partial charge in [0.25, 0.3) is 17.7 Å². The molecule has 4 aromatic rings. The van der Waals surface area contributed by atoms with Crippen LogP contribution >= 0.6 is 32.9 Å². The molecule has 0 saturated carbocycles. The summed E-state index contributed by atoms with van der Waals surface area (Å²) in [5.74, 6) is -0.596. The summed E-state index contributed by atoms with van der Waals surface area (Å²) >= 11 is 5.72. The molecular weight excluding hydrogens is 549 g/mol. The van der Waals surface area contributed by atoms with E-state index in [1.54, 1.807) is 46.6 Å². The van der Waals surface area contributed by atoms with Crippen molar-refractivity contribution in [1.82, 2.24) is 4.90 Å². The molecule has 2 aliphatic rings. The van der Waals surface area contributed by atoms with E-state index in [1.165, 1.54) is 10.3 Å². The van der Waals surface area contributed by atoms with Gasteiger partial charge in [0.15, 0.2) is 0 Å². The van der Waals surface area contributed by atoms with Crippen LogP contribution < -0.4 is 9.64 Å². The Labute approximate surface area is 238 Å². The first-order valence-electron chi connectivity index (χ1n) is 12.4. The van der Waals surface area contributed by atoms with Gasteiger partial charge in [0.2, 0.25) is 0 Å². The van der Waals surface area contributed by atoms with Crippen LogP contribution in [0.15, 0.2) is 72.8 Å². The molecule has 196 valence electrons. The Morgan fingerprint density at radius 3 is 2.21 bits per heavy atom. The van der Waals surface area contributed by atoms with Gasteiger partial charge in [-0.25, -0.2) is 0 Å². The third-order valence-electron chi connectivity index (χ3n) is 7.37. The highest BCUT2D eigenvalue weighted by Gasteiger charge is 2.49. The molecule has 0 bridgehead atoms. The summed E-state index contributed by atoms with van der Waals surface area (Å²) in [5, 5.41) is 0. The standard InChI is InChI=1S/C30H24N2O4S3/c1-30(2)25-24(29(37)39-38-25)21-16-18(36-3)13-14-22(21)32(30)28(35)23(15-17-9-5-4-6-10-17)31-26(33)19-11-7-8-12-20(19)27(31)34/h4-14,16,23H,15H2,1-3H3/t23-/m0/s1. The van der Waals surface area contributed by atoms with Crippen LogP contribution in [-0.4, -0.2) is 35.8 Å². The lowest BCUT2D eigenvalue weighted by molar-refractivity contribution is -0.123. The Balaban J connectivity index is 1.52. The van der Waals surface area contributed by atoms with Crippen molar-refractivity contribution in [2.75, 3.05) is 12.0 Å². The van der Waals surface area contributed by atoms with E-state index in [4.69, 9.17) is 17.0 Å². The number of benzene rings is 3. The van der Waals surface area contributed by atoms with Crippen molar-refractivity contribution in [1.29, 1.82) is 0 Å². The van der Waals surface area contributed by atoms with E-state index in [2.05, 4.69) is 0 Å². The molecule has 9 heteroatoms. The molecule has 0 N–H and O–H groups in total. The quantitative estimate of drug-likeness (QED) is 0.151. The number of amides is 3. The van der Waals surface area contributed by atoms with E-state index < -0.39 is 23.4 Å². The smallest absolute Gasteiger partial charge is 0.262 e. The first-order valence-corrected chi connectivity index (χ1v) is 15.0. The molecule has 0 spiro atoms. The third-order valence-corrected chi connectivity index (χ3v) is 10.7. The molecular formula is C30H24N2O4S3. The number of ether oxygens (including phenoxy) is 1. The number of nitrogens with zero attached hydrogens (tertiary/aromatic N) is 2. The zero-order chi connectivity index (χ0) is 27.5. The number of carbonyl (C=O) groups excluding carboxylic acids is 3. The summed E-state index contributed by atoms with van der Waals surface area (Å²) in [4.78, 5) is 45.9. The highest BCUT2D eigenvalue weighted by molar-refractivity contribution is 7.80. The largest absolute Gasteiger partial charge is 0.497 e. The Morgan fingerprint density at radius 2 is 1.56 bits per heavy atom. The highest BCUT2D eigenvalue weighted by Crippen LogP contribution is 2.53. The number of methoxy groups -OCH3 is 1. The lowest BCUT2D eigenvalue weighted by Gasteiger charge is -2.45. The predicted molar refractivity (Wildman–Crippen MR) is 156 cm³/mol. The van der Waals surface area contributed by atoms with Crippen LogP contribution in [-0.2, 0) is 16.8 Å². The van der Waals surface area contributed by atoms with E-state index in [9.17, 15) is 14.4 Å². The number of imide groups is 1. The summed E-state index contributed by atoms with van der Waals surface area (Å²) in [6.45, 7) is 3.97. The monoisotopic (exact) mass is 572 g/mol. The number of carbonyl (C=O) groups is 3. The fraction of sp³-hybridized carbons (Fsp3) is 0.200. The molecule has 6 rings (SSSR count). The van der Waals surface area contributed by atoms with Crippen molar-refractivity contribution < 1.29 is 19.1 Å². The lowest BCUT2D eigenvalue weighted by Crippen LogP contribution is -2.57. The zero-order valence-electron chi connectivity index (χ0n) is 21.5. The van der Waals surface area contributed by atoms with Gasteiger partial charge < -0.3 is 4.74 Å². The molecule has 3 amide bonds. The van der Waals surface area contributed by atoms with E-state index in [-0.39, 0.29) is 12.3 Å². The van der Waals surface area contributed by atoms with E-state index in [0.29, 0.717) is 22.6 Å². The second kappa shape index (κ2) is 9.51. The number of hydrogen-bond acceptors (Lipinski definition) is 7. The summed E-state index contributed by atoms with van der Waals surface area (Å²) in [7, 11) is 4.65. The Kier molecular flexibility index (Phi) is 6.25. The SMILES string of the molecule is COc1ccc2c(c1)-c1c(ssc1=S)C(C)(C)N2C(=O)[C@H](Cc1ccccc1)N1C(=O)c2ccccc2C1=O. The number of rotatable bonds is 5. The molecule has 1 aromatic heterocycles. The van der Waals surface area contributed by atoms with Crippen molar-refractivity contribution in [3.63, 3.8) is 0 Å². The van der Waals surface area contributed by atoms with Gasteiger partial charge >= 0.3 is 0 Å². The molecule has 0 saturated heterocycles. The summed E-state index contributed by atoms with van der Waals surface area (Å²) in [6.07, 6.45) is 0.190. The maximum Gasteiger partial charge on any atom is 0.262 e. The minimum absolute atomic E-state index is 0.190. The van der Waals surface area contributed by atoms with Crippen LogP contribution in [0.5, 0.6) is 5.75 Å². The van der Waals surface area contributed by atoms with Crippen LogP contribution in [0.3, 0.4) is 0 Å². The minimum Gasteiger partial charge on any atom is -0.497 e. The number of anilines is 1. The van der Waals surface area contributed by atoms with Crippen molar-refractivity contribution in [2.45, 2.75) is 31.8 Å². The first kappa shape index (κ1) is 25.6. The molecule has 3 heterocycles. The van der Waals surface area contributed by atoms with Crippen molar-refractivity contribution in [3.05, 3.63) is 98.2 Å². The maximum absolute atomic E-state index is 14.8. The average Bonchev–Trinajstić information content (AvgIpc) is 3.45. The molecule has 0 fully saturated rings. The Morgan fingerprint density at radius 1 is 0.923 bits per heavy atom. The van der Waals surface area contributed by atoms with Crippen LogP contribution in [0.25, 0.3) is 11.1 Å². The highest BCUT2D eigenvalue weighted by atomic mass is 32.9. The summed E-state index contributed by atoms with van der Waals surface area (Å²) < 4.78 is 6.26. The van der Waals surface area contributed by atoms with Gasteiger partial charge in [0, 0.05) is 17.5 Å². The lowest BCUT2D eigenvalue weighted by atomic mass is 9.86. The van der Waals surface area contributed by atoms with Crippen LogP contribution in [0.4, 0.5) is 5.69 Å². The van der Waals surface area contributed by atoms with Crippen molar-refractivity contribution in [3.8, 4) is 16.9 Å². The van der Waals surface area contributed by atoms with Gasteiger partial charge in [-0.2, -0.15) is 0 Å². The van der Waals surface area contributed by atoms with Crippen LogP contribution in [0, 0.1) is 3.82 Å². The number of fused-ring (bicyclic) bond motifs is 4. The average molecular weight is 573 g/mol. The molecule has 39 heavy (non-hydrogen) atoms. The van der Waals surface area contributed by atoms with Crippen LogP contribution in [0.1, 0.15) is 45.0 Å². The van der Waals surface area contributed by atoms with Gasteiger partial charge in [0.05, 0.1) is 34.3 Å². The third kappa shape index (κ3) is 3.95. The molecule has 0 radical (unpaired) electrons. The molecule has 0 unspecified atom stereocenters. The molecule has 2 aliphatic heterocycles. The van der Waals surface area contributed by atoms with Gasteiger partial charge in [0.1, 0.15) is 15.6 Å². The topological polar surface area (TPSA) is 66.9 Å². The second-order valence-corrected chi connectivity index (χ2v) is 12.8. The van der Waals surface area contributed by atoms with E-state index in [0.717, 1.165) is 30.3 Å². The van der Waals surface area contributed by atoms with Gasteiger partial charge in [-0.05, 0) is 49.7 Å². The molecule has 3 aromatic carbocycles. The fourth-order valence-electron chi connectivity index (χ4n) is 5.50. The number of hydrogen-bond donors (Lipinski definition) is 0. The summed E-state index contributed by atoms with van der Waals surface area (Å²) in [5.41, 5.74) is 3.11. The van der Waals surface area contributed by atoms with E-state index in [1.807, 2.05) is 62.4 Å². The second-order valence-electron chi connectivity index (χ2n) is 10.0. The molecule has 1 atom stereocenters. The maximum atomic E-state index is 14.8. The Hall–Kier alpha value is -3.66. The molecule has 6 nitrogen and oxygen atoms in total. The Bertz CT molecular complexity index is 1670. The molecule has 0 aliphatic carbocycles. The van der Waals surface area contributed by atoms with Crippen molar-refractivity contribution in [2.24, 2.45) is 0 Å². The fourth-order valence-corrected chi connectivity index (χ4v) is 8.78. The van der Waals surface area contributed by atoms with Gasteiger partial charge in [-0.3, -0.25) is 24.2 Å². The van der Waals surface area contributed by atoms with Gasteiger partial charge in [-0.1, -0.05) is 75.4 Å². The minimum atomic E-state index is -1.05. The van der Waals surface area contributed by atoms with Crippen LogP contribution in [0.2, 0.25) is 0 Å². The first-order chi connectivity index (χ1) is 18.7.